The Labute approximate surface area is 149 Å². The summed E-state index contributed by atoms with van der Waals surface area (Å²) in [5, 5.41) is 2.84. The first kappa shape index (κ1) is 18.8. The number of aryl methyl sites for hydroxylation is 1. The van der Waals surface area contributed by atoms with E-state index in [4.69, 9.17) is 4.74 Å². The zero-order chi connectivity index (χ0) is 18.4. The van der Waals surface area contributed by atoms with Crippen LogP contribution < -0.4 is 10.2 Å². The summed E-state index contributed by atoms with van der Waals surface area (Å²) in [6.45, 7) is 8.10. The third-order valence-electron chi connectivity index (χ3n) is 3.63. The van der Waals surface area contributed by atoms with Crippen LogP contribution in [-0.2, 0) is 16.0 Å². The van der Waals surface area contributed by atoms with E-state index in [-0.39, 0.29) is 12.0 Å². The molecule has 0 aromatic heterocycles. The molecule has 5 heteroatoms. The normalized spacial score (nSPS) is 14.6. The van der Waals surface area contributed by atoms with E-state index in [1.807, 2.05) is 52.0 Å². The molecule has 0 aliphatic carbocycles. The van der Waals surface area contributed by atoms with Crippen molar-refractivity contribution in [3.8, 4) is 0 Å². The fraction of sp³-hybridized carbons (Fsp3) is 0.400. The van der Waals surface area contributed by atoms with Gasteiger partial charge in [-0.1, -0.05) is 18.2 Å². The lowest BCUT2D eigenvalue weighted by Crippen LogP contribution is -2.39. The average molecular weight is 342 g/mol. The summed E-state index contributed by atoms with van der Waals surface area (Å²) in [6, 6.07) is 5.60. The summed E-state index contributed by atoms with van der Waals surface area (Å²) in [7, 11) is 0. The molecule has 0 unspecified atom stereocenters. The number of amides is 2. The van der Waals surface area contributed by atoms with Crippen LogP contribution in [-0.4, -0.2) is 24.1 Å². The van der Waals surface area contributed by atoms with Gasteiger partial charge in [0, 0.05) is 18.3 Å². The van der Waals surface area contributed by atoms with Crippen molar-refractivity contribution in [1.82, 2.24) is 0 Å². The quantitative estimate of drug-likeness (QED) is 0.652. The number of rotatable bonds is 3. The molecule has 1 N–H and O–H groups in total. The van der Waals surface area contributed by atoms with Crippen LogP contribution in [0.1, 0.15) is 39.7 Å². The van der Waals surface area contributed by atoms with Gasteiger partial charge >= 0.3 is 6.09 Å². The Hall–Kier alpha value is -2.56. The van der Waals surface area contributed by atoms with Crippen molar-refractivity contribution in [2.24, 2.45) is 0 Å². The number of carbonyl (C=O) groups is 2. The number of ether oxygens (including phenoxy) is 1. The molecule has 0 saturated heterocycles. The van der Waals surface area contributed by atoms with Gasteiger partial charge in [-0.25, -0.2) is 4.79 Å². The second kappa shape index (κ2) is 8.01. The van der Waals surface area contributed by atoms with Crippen molar-refractivity contribution < 1.29 is 14.3 Å². The third kappa shape index (κ3) is 5.48. The molecular weight excluding hydrogens is 316 g/mol. The average Bonchev–Trinajstić information content (AvgIpc) is 2.52. The predicted molar refractivity (Wildman–Crippen MR) is 101 cm³/mol. The third-order valence-corrected chi connectivity index (χ3v) is 3.63. The lowest BCUT2D eigenvalue weighted by Gasteiger charge is -2.32. The summed E-state index contributed by atoms with van der Waals surface area (Å²) in [6.07, 6.45) is 8.22. The van der Waals surface area contributed by atoms with E-state index in [1.165, 1.54) is 6.08 Å². The number of carbonyl (C=O) groups excluding carboxylic acids is 2. The summed E-state index contributed by atoms with van der Waals surface area (Å²) in [5.74, 6) is -0.183. The second-order valence-corrected chi connectivity index (χ2v) is 6.95. The van der Waals surface area contributed by atoms with E-state index >= 15 is 0 Å². The van der Waals surface area contributed by atoms with Gasteiger partial charge in [-0.3, -0.25) is 9.69 Å². The van der Waals surface area contributed by atoms with Crippen molar-refractivity contribution in [3.63, 3.8) is 0 Å². The molecule has 1 aromatic carbocycles. The Kier molecular flexibility index (Phi) is 6.02. The van der Waals surface area contributed by atoms with Crippen molar-refractivity contribution in [2.45, 2.75) is 46.1 Å². The first-order valence-corrected chi connectivity index (χ1v) is 8.54. The number of allylic oxidation sites excluding steroid dienone is 3. The maximum atomic E-state index is 12.4. The van der Waals surface area contributed by atoms with Crippen molar-refractivity contribution >= 4 is 23.4 Å². The monoisotopic (exact) mass is 342 g/mol. The first-order valence-electron chi connectivity index (χ1n) is 8.54. The molecular formula is C20H26N2O3. The summed E-state index contributed by atoms with van der Waals surface area (Å²) >= 11 is 0. The number of hydrogen-bond acceptors (Lipinski definition) is 3. The molecule has 5 nitrogen and oxygen atoms in total. The zero-order valence-corrected chi connectivity index (χ0v) is 15.3. The predicted octanol–water partition coefficient (Wildman–Crippen LogP) is 4.45. The standard InChI is InChI=1S/C20H26N2O3/c1-5-6-7-10-18(23)21-16-11-12-17-15(14-16)9-8-13-22(17)19(24)25-20(2,3)4/h5-7,10-12,14H,8-9,13H2,1-4H3,(H,21,23)/b6-5+,10-7+. The topological polar surface area (TPSA) is 58.6 Å². The molecule has 1 aliphatic rings. The summed E-state index contributed by atoms with van der Waals surface area (Å²) in [4.78, 5) is 25.9. The molecule has 2 amide bonds. The Morgan fingerprint density at radius 3 is 2.68 bits per heavy atom. The van der Waals surface area contributed by atoms with Gasteiger partial charge < -0.3 is 10.1 Å². The van der Waals surface area contributed by atoms with Gasteiger partial charge in [0.25, 0.3) is 0 Å². The molecule has 1 aromatic rings. The number of nitrogens with one attached hydrogen (secondary N) is 1. The number of fused-ring (bicyclic) bond motifs is 1. The molecule has 0 fully saturated rings. The number of anilines is 2. The lowest BCUT2D eigenvalue weighted by atomic mass is 10.0. The maximum Gasteiger partial charge on any atom is 0.414 e. The van der Waals surface area contributed by atoms with Crippen LogP contribution in [0, 0.1) is 0 Å². The molecule has 0 atom stereocenters. The molecule has 0 saturated carbocycles. The van der Waals surface area contributed by atoms with Crippen LogP contribution in [0.3, 0.4) is 0 Å². The minimum atomic E-state index is -0.526. The molecule has 0 spiro atoms. The Morgan fingerprint density at radius 2 is 2.00 bits per heavy atom. The van der Waals surface area contributed by atoms with E-state index in [0.29, 0.717) is 6.54 Å². The summed E-state index contributed by atoms with van der Waals surface area (Å²) in [5.41, 5.74) is 2.08. The molecule has 0 bridgehead atoms. The number of nitrogens with zero attached hydrogens (tertiary/aromatic N) is 1. The fourth-order valence-electron chi connectivity index (χ4n) is 2.62. The number of benzene rings is 1. The Bertz CT molecular complexity index is 699. The second-order valence-electron chi connectivity index (χ2n) is 6.95. The minimum absolute atomic E-state index is 0.183. The molecule has 25 heavy (non-hydrogen) atoms. The Balaban J connectivity index is 2.14. The minimum Gasteiger partial charge on any atom is -0.443 e. The smallest absolute Gasteiger partial charge is 0.414 e. The first-order chi connectivity index (χ1) is 11.8. The Morgan fingerprint density at radius 1 is 1.24 bits per heavy atom. The molecule has 134 valence electrons. The van der Waals surface area contributed by atoms with Crippen LogP contribution in [0.2, 0.25) is 0 Å². The largest absolute Gasteiger partial charge is 0.443 e. The molecule has 0 radical (unpaired) electrons. The van der Waals surface area contributed by atoms with Gasteiger partial charge in [0.2, 0.25) is 5.91 Å². The van der Waals surface area contributed by atoms with E-state index in [9.17, 15) is 9.59 Å². The van der Waals surface area contributed by atoms with Crippen LogP contribution in [0.4, 0.5) is 16.2 Å². The van der Waals surface area contributed by atoms with E-state index in [0.717, 1.165) is 29.8 Å². The van der Waals surface area contributed by atoms with Crippen LogP contribution >= 0.6 is 0 Å². The van der Waals surface area contributed by atoms with Crippen LogP contribution in [0.15, 0.2) is 42.5 Å². The highest BCUT2D eigenvalue weighted by Gasteiger charge is 2.27. The van der Waals surface area contributed by atoms with E-state index in [2.05, 4.69) is 5.32 Å². The van der Waals surface area contributed by atoms with Crippen LogP contribution in [0.25, 0.3) is 0 Å². The van der Waals surface area contributed by atoms with Crippen molar-refractivity contribution in [3.05, 3.63) is 48.1 Å². The van der Waals surface area contributed by atoms with Gasteiger partial charge in [-0.2, -0.15) is 0 Å². The van der Waals surface area contributed by atoms with E-state index < -0.39 is 5.60 Å². The van der Waals surface area contributed by atoms with E-state index in [1.54, 1.807) is 17.1 Å². The summed E-state index contributed by atoms with van der Waals surface area (Å²) < 4.78 is 5.49. The highest BCUT2D eigenvalue weighted by Crippen LogP contribution is 2.30. The maximum absolute atomic E-state index is 12.4. The zero-order valence-electron chi connectivity index (χ0n) is 15.3. The van der Waals surface area contributed by atoms with Crippen LogP contribution in [0.5, 0.6) is 0 Å². The van der Waals surface area contributed by atoms with Gasteiger partial charge in [0.1, 0.15) is 5.60 Å². The van der Waals surface area contributed by atoms with Crippen molar-refractivity contribution in [1.29, 1.82) is 0 Å². The van der Waals surface area contributed by atoms with Gasteiger partial charge in [-0.15, -0.1) is 0 Å². The molecule has 1 heterocycles. The highest BCUT2D eigenvalue weighted by atomic mass is 16.6. The van der Waals surface area contributed by atoms with Crippen molar-refractivity contribution in [2.75, 3.05) is 16.8 Å². The van der Waals surface area contributed by atoms with Gasteiger partial charge in [-0.05, 0) is 64.3 Å². The molecule has 1 aliphatic heterocycles. The number of hydrogen-bond donors (Lipinski definition) is 1. The van der Waals surface area contributed by atoms with Gasteiger partial charge in [0.05, 0.1) is 5.69 Å². The SMILES string of the molecule is C/C=C/C=C/C(=O)Nc1ccc2c(c1)CCCN2C(=O)OC(C)(C)C. The van der Waals surface area contributed by atoms with Gasteiger partial charge in [0.15, 0.2) is 0 Å². The lowest BCUT2D eigenvalue weighted by molar-refractivity contribution is -0.111. The highest BCUT2D eigenvalue weighted by molar-refractivity contribution is 6.00. The molecule has 2 rings (SSSR count). The fourth-order valence-corrected chi connectivity index (χ4v) is 2.62.